The number of hydrogen-bond donors (Lipinski definition) is 0. The molecule has 1 aliphatic rings. The quantitative estimate of drug-likeness (QED) is 0.615. The molecule has 0 heterocycles. The molecule has 1 aliphatic carbocycles. The first-order chi connectivity index (χ1) is 6.65. The summed E-state index contributed by atoms with van der Waals surface area (Å²) in [4.78, 5) is 24.0. The van der Waals surface area contributed by atoms with Crippen LogP contribution in [0.15, 0.2) is 0 Å². The maximum absolute atomic E-state index is 11.5. The summed E-state index contributed by atoms with van der Waals surface area (Å²) in [6.07, 6.45) is 3.13. The molecule has 0 spiro atoms. The lowest BCUT2D eigenvalue weighted by atomic mass is 10.3. The summed E-state index contributed by atoms with van der Waals surface area (Å²) < 4.78 is 4.51. The highest BCUT2D eigenvalue weighted by molar-refractivity contribution is 5.80. The first-order valence-electron chi connectivity index (χ1n) is 4.97. The number of ether oxygens (including phenoxy) is 1. The van der Waals surface area contributed by atoms with Crippen LogP contribution in [-0.2, 0) is 14.3 Å². The van der Waals surface area contributed by atoms with Crippen LogP contribution in [0, 0.1) is 5.92 Å². The lowest BCUT2D eigenvalue weighted by Gasteiger charge is -2.16. The van der Waals surface area contributed by atoms with Crippen LogP contribution in [0.1, 0.15) is 25.7 Å². The van der Waals surface area contributed by atoms with Crippen LogP contribution in [0.5, 0.6) is 0 Å². The van der Waals surface area contributed by atoms with Gasteiger partial charge in [-0.2, -0.15) is 0 Å². The number of methoxy groups -OCH3 is 1. The van der Waals surface area contributed by atoms with Gasteiger partial charge in [-0.05, 0) is 19.3 Å². The Morgan fingerprint density at radius 2 is 2.07 bits per heavy atom. The summed E-state index contributed by atoms with van der Waals surface area (Å²) in [5, 5.41) is 0. The van der Waals surface area contributed by atoms with Crippen LogP contribution >= 0.6 is 0 Å². The third-order valence-electron chi connectivity index (χ3n) is 2.40. The van der Waals surface area contributed by atoms with Gasteiger partial charge >= 0.3 is 5.97 Å². The number of esters is 1. The number of carbonyl (C=O) groups is 2. The van der Waals surface area contributed by atoms with Crippen LogP contribution in [0.2, 0.25) is 0 Å². The van der Waals surface area contributed by atoms with Crippen molar-refractivity contribution in [2.45, 2.75) is 25.7 Å². The molecule has 0 N–H and O–H groups in total. The molecule has 80 valence electrons. The molecule has 0 aromatic heterocycles. The number of nitrogens with zero attached hydrogens (tertiary/aromatic N) is 1. The summed E-state index contributed by atoms with van der Waals surface area (Å²) in [7, 11) is 3.17. The minimum Gasteiger partial charge on any atom is -0.469 e. The Labute approximate surface area is 84.2 Å². The van der Waals surface area contributed by atoms with Crippen molar-refractivity contribution in [2.24, 2.45) is 5.92 Å². The monoisotopic (exact) mass is 199 g/mol. The van der Waals surface area contributed by atoms with Crippen molar-refractivity contribution in [3.63, 3.8) is 0 Å². The summed E-state index contributed by atoms with van der Waals surface area (Å²) >= 11 is 0. The largest absolute Gasteiger partial charge is 0.469 e. The molecule has 1 amide bonds. The summed E-state index contributed by atoms with van der Waals surface area (Å²) in [5.74, 6) is 0.269. The van der Waals surface area contributed by atoms with Gasteiger partial charge in [-0.15, -0.1) is 0 Å². The zero-order chi connectivity index (χ0) is 10.6. The molecule has 0 aromatic rings. The van der Waals surface area contributed by atoms with Crippen LogP contribution in [0.3, 0.4) is 0 Å². The van der Waals surface area contributed by atoms with Gasteiger partial charge in [0.25, 0.3) is 0 Å². The van der Waals surface area contributed by atoms with Gasteiger partial charge in [-0.25, -0.2) is 0 Å². The lowest BCUT2D eigenvalue weighted by molar-refractivity contribution is -0.141. The van der Waals surface area contributed by atoms with Crippen molar-refractivity contribution in [1.29, 1.82) is 0 Å². The topological polar surface area (TPSA) is 46.6 Å². The number of carbonyl (C=O) groups excluding carboxylic acids is 2. The predicted molar refractivity (Wildman–Crippen MR) is 51.6 cm³/mol. The Hall–Kier alpha value is -1.06. The van der Waals surface area contributed by atoms with Gasteiger partial charge < -0.3 is 9.64 Å². The van der Waals surface area contributed by atoms with Gasteiger partial charge in [-0.1, -0.05) is 0 Å². The highest BCUT2D eigenvalue weighted by Gasteiger charge is 2.31. The highest BCUT2D eigenvalue weighted by Crippen LogP contribution is 2.30. The van der Waals surface area contributed by atoms with E-state index in [4.69, 9.17) is 0 Å². The molecule has 4 heteroatoms. The van der Waals surface area contributed by atoms with Crippen LogP contribution in [0.4, 0.5) is 0 Å². The Bertz CT molecular complexity index is 223. The minimum absolute atomic E-state index is 0.211. The molecule has 1 saturated carbocycles. The summed E-state index contributed by atoms with van der Waals surface area (Å²) in [6, 6.07) is 0. The lowest BCUT2D eigenvalue weighted by Crippen LogP contribution is -2.29. The van der Waals surface area contributed by atoms with Crippen molar-refractivity contribution in [3.8, 4) is 0 Å². The highest BCUT2D eigenvalue weighted by atomic mass is 16.5. The maximum atomic E-state index is 11.5. The van der Waals surface area contributed by atoms with E-state index in [9.17, 15) is 9.59 Å². The molecule has 0 unspecified atom stereocenters. The number of rotatable bonds is 5. The normalized spacial score (nSPS) is 15.0. The van der Waals surface area contributed by atoms with Crippen LogP contribution in [-0.4, -0.2) is 37.5 Å². The van der Waals surface area contributed by atoms with Gasteiger partial charge in [-0.3, -0.25) is 9.59 Å². The molecule has 1 fully saturated rings. The second kappa shape index (κ2) is 4.98. The second-order valence-corrected chi connectivity index (χ2v) is 3.71. The second-order valence-electron chi connectivity index (χ2n) is 3.71. The van der Waals surface area contributed by atoms with Gasteiger partial charge in [0.1, 0.15) is 0 Å². The van der Waals surface area contributed by atoms with E-state index in [-0.39, 0.29) is 17.8 Å². The first-order valence-corrected chi connectivity index (χ1v) is 4.97. The van der Waals surface area contributed by atoms with E-state index in [0.29, 0.717) is 19.4 Å². The molecule has 1 rings (SSSR count). The van der Waals surface area contributed by atoms with E-state index >= 15 is 0 Å². The summed E-state index contributed by atoms with van der Waals surface area (Å²) in [5.41, 5.74) is 0. The predicted octanol–water partition coefficient (Wildman–Crippen LogP) is 0.808. The average Bonchev–Trinajstić information content (AvgIpc) is 2.99. The molecule has 0 radical (unpaired) electrons. The fraction of sp³-hybridized carbons (Fsp3) is 0.800. The van der Waals surface area contributed by atoms with Gasteiger partial charge in [0.05, 0.1) is 7.11 Å². The molecule has 4 nitrogen and oxygen atoms in total. The summed E-state index contributed by atoms with van der Waals surface area (Å²) in [6.45, 7) is 0.643. The third kappa shape index (κ3) is 3.36. The fourth-order valence-corrected chi connectivity index (χ4v) is 1.31. The minimum atomic E-state index is -0.211. The maximum Gasteiger partial charge on any atom is 0.305 e. The number of hydrogen-bond acceptors (Lipinski definition) is 3. The smallest absolute Gasteiger partial charge is 0.305 e. The molecular formula is C10H17NO3. The molecule has 0 aromatic carbocycles. The Morgan fingerprint density at radius 3 is 2.57 bits per heavy atom. The van der Waals surface area contributed by atoms with Crippen LogP contribution < -0.4 is 0 Å². The van der Waals surface area contributed by atoms with Crippen molar-refractivity contribution < 1.29 is 14.3 Å². The molecular weight excluding hydrogens is 182 g/mol. The first kappa shape index (κ1) is 11.0. The van der Waals surface area contributed by atoms with Crippen molar-refractivity contribution >= 4 is 11.9 Å². The molecule has 0 aliphatic heterocycles. The third-order valence-corrected chi connectivity index (χ3v) is 2.40. The van der Waals surface area contributed by atoms with Crippen molar-refractivity contribution in [3.05, 3.63) is 0 Å². The Balaban J connectivity index is 2.10. The fourth-order valence-electron chi connectivity index (χ4n) is 1.31. The van der Waals surface area contributed by atoms with E-state index < -0.39 is 0 Å². The average molecular weight is 199 g/mol. The Kier molecular flexibility index (Phi) is 3.92. The van der Waals surface area contributed by atoms with E-state index in [1.807, 2.05) is 0 Å². The van der Waals surface area contributed by atoms with E-state index in [2.05, 4.69) is 4.74 Å². The van der Waals surface area contributed by atoms with Crippen molar-refractivity contribution in [2.75, 3.05) is 20.7 Å². The van der Waals surface area contributed by atoms with E-state index in [0.717, 1.165) is 12.8 Å². The molecule has 14 heavy (non-hydrogen) atoms. The molecule has 0 bridgehead atoms. The number of amides is 1. The van der Waals surface area contributed by atoms with Gasteiger partial charge in [0.15, 0.2) is 0 Å². The molecule has 0 atom stereocenters. The van der Waals surface area contributed by atoms with Crippen LogP contribution in [0.25, 0.3) is 0 Å². The SMILES string of the molecule is COC(=O)CCCN(C)C(=O)C1CC1. The van der Waals surface area contributed by atoms with Gasteiger partial charge in [0.2, 0.25) is 5.91 Å². The van der Waals surface area contributed by atoms with Crippen molar-refractivity contribution in [1.82, 2.24) is 4.90 Å². The zero-order valence-corrected chi connectivity index (χ0v) is 8.78. The van der Waals surface area contributed by atoms with E-state index in [1.165, 1.54) is 7.11 Å². The van der Waals surface area contributed by atoms with E-state index in [1.54, 1.807) is 11.9 Å². The standard InChI is InChI=1S/C10H17NO3/c1-11(10(13)8-5-6-8)7-3-4-9(12)14-2/h8H,3-7H2,1-2H3. The van der Waals surface area contributed by atoms with Gasteiger partial charge in [0, 0.05) is 25.9 Å². The molecule has 0 saturated heterocycles. The zero-order valence-electron chi connectivity index (χ0n) is 8.78. The Morgan fingerprint density at radius 1 is 1.43 bits per heavy atom.